The standard InChI is InChI=1S/C14H14BrN3O/c1-8-5-11(15)6-12(16)13(8)18-14(19)10-4-3-9(2)17-7-10/h3-7H,16H2,1-2H3,(H,18,19). The summed E-state index contributed by atoms with van der Waals surface area (Å²) in [6, 6.07) is 7.20. The van der Waals surface area contributed by atoms with Gasteiger partial charge in [-0.2, -0.15) is 0 Å². The Kier molecular flexibility index (Phi) is 3.85. The van der Waals surface area contributed by atoms with Crippen LogP contribution in [0.15, 0.2) is 34.9 Å². The maximum absolute atomic E-state index is 12.1. The number of pyridine rings is 1. The molecule has 0 aliphatic heterocycles. The Bertz CT molecular complexity index is 600. The van der Waals surface area contributed by atoms with Crippen LogP contribution in [-0.2, 0) is 0 Å². The summed E-state index contributed by atoms with van der Waals surface area (Å²) in [5.74, 6) is -0.218. The van der Waals surface area contributed by atoms with Crippen molar-refractivity contribution in [1.82, 2.24) is 4.98 Å². The van der Waals surface area contributed by atoms with Crippen LogP contribution in [0.25, 0.3) is 0 Å². The Labute approximate surface area is 120 Å². The van der Waals surface area contributed by atoms with E-state index in [2.05, 4.69) is 26.2 Å². The summed E-state index contributed by atoms with van der Waals surface area (Å²) >= 11 is 3.36. The van der Waals surface area contributed by atoms with Gasteiger partial charge in [0.2, 0.25) is 0 Å². The van der Waals surface area contributed by atoms with E-state index < -0.39 is 0 Å². The summed E-state index contributed by atoms with van der Waals surface area (Å²) in [5, 5.41) is 2.82. The number of carbonyl (C=O) groups excluding carboxylic acids is 1. The van der Waals surface area contributed by atoms with Crippen molar-refractivity contribution in [1.29, 1.82) is 0 Å². The van der Waals surface area contributed by atoms with Crippen LogP contribution in [0.4, 0.5) is 11.4 Å². The largest absolute Gasteiger partial charge is 0.397 e. The van der Waals surface area contributed by atoms with Crippen LogP contribution in [0.3, 0.4) is 0 Å². The third-order valence-corrected chi connectivity index (χ3v) is 3.20. The first-order valence-corrected chi connectivity index (χ1v) is 6.56. The van der Waals surface area contributed by atoms with Gasteiger partial charge in [-0.15, -0.1) is 0 Å². The van der Waals surface area contributed by atoms with E-state index in [-0.39, 0.29) is 5.91 Å². The summed E-state index contributed by atoms with van der Waals surface area (Å²) in [5.41, 5.74) is 9.35. The molecule has 4 nitrogen and oxygen atoms in total. The number of nitrogens with two attached hydrogens (primary N) is 1. The molecule has 19 heavy (non-hydrogen) atoms. The molecule has 2 aromatic rings. The molecule has 1 heterocycles. The number of carbonyl (C=O) groups is 1. The van der Waals surface area contributed by atoms with Crippen LogP contribution in [0, 0.1) is 13.8 Å². The van der Waals surface area contributed by atoms with Crippen molar-refractivity contribution in [2.75, 3.05) is 11.1 Å². The molecule has 0 saturated carbocycles. The molecule has 0 unspecified atom stereocenters. The number of nitrogens with one attached hydrogen (secondary N) is 1. The van der Waals surface area contributed by atoms with Gasteiger partial charge in [-0.25, -0.2) is 0 Å². The molecule has 0 saturated heterocycles. The molecular formula is C14H14BrN3O. The van der Waals surface area contributed by atoms with Crippen LogP contribution in [0.5, 0.6) is 0 Å². The zero-order valence-corrected chi connectivity index (χ0v) is 12.3. The predicted molar refractivity (Wildman–Crippen MR) is 80.2 cm³/mol. The Morgan fingerprint density at radius 2 is 2.05 bits per heavy atom. The van der Waals surface area contributed by atoms with Crippen molar-refractivity contribution in [2.24, 2.45) is 0 Å². The van der Waals surface area contributed by atoms with Crippen LogP contribution >= 0.6 is 15.9 Å². The summed E-state index contributed by atoms with van der Waals surface area (Å²) in [6.45, 7) is 3.77. The van der Waals surface area contributed by atoms with Crippen molar-refractivity contribution in [3.8, 4) is 0 Å². The maximum atomic E-state index is 12.1. The first-order valence-electron chi connectivity index (χ1n) is 5.77. The second-order valence-corrected chi connectivity index (χ2v) is 5.24. The number of benzene rings is 1. The third kappa shape index (κ3) is 3.12. The Morgan fingerprint density at radius 3 is 2.63 bits per heavy atom. The molecule has 1 aromatic heterocycles. The summed E-state index contributed by atoms with van der Waals surface area (Å²) in [4.78, 5) is 16.2. The topological polar surface area (TPSA) is 68.0 Å². The predicted octanol–water partition coefficient (Wildman–Crippen LogP) is 3.30. The van der Waals surface area contributed by atoms with Gasteiger partial charge < -0.3 is 11.1 Å². The zero-order chi connectivity index (χ0) is 14.0. The monoisotopic (exact) mass is 319 g/mol. The number of rotatable bonds is 2. The van der Waals surface area contributed by atoms with Gasteiger partial charge in [-0.3, -0.25) is 9.78 Å². The van der Waals surface area contributed by atoms with Crippen LogP contribution < -0.4 is 11.1 Å². The highest BCUT2D eigenvalue weighted by Crippen LogP contribution is 2.28. The summed E-state index contributed by atoms with van der Waals surface area (Å²) in [7, 11) is 0. The van der Waals surface area contributed by atoms with Crippen molar-refractivity contribution >= 4 is 33.2 Å². The lowest BCUT2D eigenvalue weighted by Gasteiger charge is -2.12. The van der Waals surface area contributed by atoms with Gasteiger partial charge in [0.1, 0.15) is 0 Å². The molecule has 1 aromatic carbocycles. The van der Waals surface area contributed by atoms with Crippen molar-refractivity contribution in [2.45, 2.75) is 13.8 Å². The highest BCUT2D eigenvalue weighted by molar-refractivity contribution is 9.10. The molecule has 0 spiro atoms. The third-order valence-electron chi connectivity index (χ3n) is 2.74. The zero-order valence-electron chi connectivity index (χ0n) is 10.7. The second-order valence-electron chi connectivity index (χ2n) is 4.33. The molecule has 0 aliphatic rings. The number of hydrogen-bond acceptors (Lipinski definition) is 3. The van der Waals surface area contributed by atoms with Gasteiger partial charge in [0.05, 0.1) is 16.9 Å². The minimum Gasteiger partial charge on any atom is -0.397 e. The Hall–Kier alpha value is -1.88. The fourth-order valence-electron chi connectivity index (χ4n) is 1.73. The van der Waals surface area contributed by atoms with Gasteiger partial charge >= 0.3 is 0 Å². The van der Waals surface area contributed by atoms with Crippen LogP contribution in [0.2, 0.25) is 0 Å². The number of amides is 1. The fourth-order valence-corrected chi connectivity index (χ4v) is 2.32. The molecule has 3 N–H and O–H groups in total. The lowest BCUT2D eigenvalue weighted by atomic mass is 10.1. The number of aromatic nitrogens is 1. The van der Waals surface area contributed by atoms with Crippen LogP contribution in [-0.4, -0.2) is 10.9 Å². The van der Waals surface area contributed by atoms with E-state index in [1.165, 1.54) is 0 Å². The minimum absolute atomic E-state index is 0.218. The normalized spacial score (nSPS) is 10.3. The Morgan fingerprint density at radius 1 is 1.32 bits per heavy atom. The highest BCUT2D eigenvalue weighted by atomic mass is 79.9. The van der Waals surface area contributed by atoms with E-state index in [4.69, 9.17) is 5.73 Å². The molecule has 0 fully saturated rings. The minimum atomic E-state index is -0.218. The van der Waals surface area contributed by atoms with E-state index in [1.807, 2.05) is 19.9 Å². The first-order chi connectivity index (χ1) is 8.97. The van der Waals surface area contributed by atoms with Gasteiger partial charge in [-0.05, 0) is 43.7 Å². The number of nitrogens with zero attached hydrogens (tertiary/aromatic N) is 1. The van der Waals surface area contributed by atoms with Gasteiger partial charge in [0.25, 0.3) is 5.91 Å². The van der Waals surface area contributed by atoms with Crippen molar-refractivity contribution < 1.29 is 4.79 Å². The van der Waals surface area contributed by atoms with Crippen molar-refractivity contribution in [3.63, 3.8) is 0 Å². The van der Waals surface area contributed by atoms with Gasteiger partial charge in [0, 0.05) is 16.4 Å². The molecule has 2 rings (SSSR count). The second kappa shape index (κ2) is 5.40. The van der Waals surface area contributed by atoms with Gasteiger partial charge in [-0.1, -0.05) is 15.9 Å². The molecule has 0 radical (unpaired) electrons. The molecule has 1 amide bonds. The lowest BCUT2D eigenvalue weighted by Crippen LogP contribution is -2.14. The van der Waals surface area contributed by atoms with E-state index in [1.54, 1.807) is 24.4 Å². The lowest BCUT2D eigenvalue weighted by molar-refractivity contribution is 0.102. The Balaban J connectivity index is 2.26. The molecule has 0 bridgehead atoms. The van der Waals surface area contributed by atoms with E-state index in [0.717, 1.165) is 15.7 Å². The smallest absolute Gasteiger partial charge is 0.257 e. The summed E-state index contributed by atoms with van der Waals surface area (Å²) < 4.78 is 0.887. The molecule has 5 heteroatoms. The number of anilines is 2. The summed E-state index contributed by atoms with van der Waals surface area (Å²) in [6.07, 6.45) is 1.55. The molecular weight excluding hydrogens is 306 g/mol. The van der Waals surface area contributed by atoms with Crippen LogP contribution in [0.1, 0.15) is 21.6 Å². The number of halogens is 1. The quantitative estimate of drug-likeness (QED) is 0.834. The maximum Gasteiger partial charge on any atom is 0.257 e. The van der Waals surface area contributed by atoms with Gasteiger partial charge in [0.15, 0.2) is 0 Å². The fraction of sp³-hybridized carbons (Fsp3) is 0.143. The number of hydrogen-bond donors (Lipinski definition) is 2. The molecule has 0 atom stereocenters. The van der Waals surface area contributed by atoms with E-state index in [0.29, 0.717) is 16.9 Å². The highest BCUT2D eigenvalue weighted by Gasteiger charge is 2.11. The number of nitrogen functional groups attached to an aromatic ring is 1. The molecule has 0 aliphatic carbocycles. The number of aryl methyl sites for hydroxylation is 2. The van der Waals surface area contributed by atoms with Crippen molar-refractivity contribution in [3.05, 3.63) is 51.8 Å². The SMILES string of the molecule is Cc1ccc(C(=O)Nc2c(C)cc(Br)cc2N)cn1. The molecule has 98 valence electrons. The average Bonchev–Trinajstić information content (AvgIpc) is 2.34. The van der Waals surface area contributed by atoms with E-state index >= 15 is 0 Å². The average molecular weight is 320 g/mol. The van der Waals surface area contributed by atoms with E-state index in [9.17, 15) is 4.79 Å². The first kappa shape index (κ1) is 13.5.